The second-order valence-corrected chi connectivity index (χ2v) is 6.94. The molecule has 0 aromatic rings. The second-order valence-electron chi connectivity index (χ2n) is 6.94. The molecule has 2 N–H and O–H groups in total. The molecule has 0 atom stereocenters. The molecular formula is C18H36N6O. The summed E-state index contributed by atoms with van der Waals surface area (Å²) in [6.07, 6.45) is 4.06. The monoisotopic (exact) mass is 352 g/mol. The summed E-state index contributed by atoms with van der Waals surface area (Å²) in [5.74, 6) is 1.10. The SMILES string of the molecule is CCNC(=NCCN1CCN(C(C)=O)CC1)NCCN1CCCCC1. The average molecular weight is 353 g/mol. The van der Waals surface area contributed by atoms with Gasteiger partial charge in [-0.25, -0.2) is 0 Å². The first-order valence-corrected chi connectivity index (χ1v) is 9.91. The van der Waals surface area contributed by atoms with Gasteiger partial charge in [-0.3, -0.25) is 14.7 Å². The molecule has 0 bridgehead atoms. The summed E-state index contributed by atoms with van der Waals surface area (Å²) < 4.78 is 0. The Morgan fingerprint density at radius 1 is 0.920 bits per heavy atom. The van der Waals surface area contributed by atoms with Crippen molar-refractivity contribution < 1.29 is 4.79 Å². The van der Waals surface area contributed by atoms with Gasteiger partial charge in [-0.15, -0.1) is 0 Å². The Morgan fingerprint density at radius 2 is 1.60 bits per heavy atom. The Labute approximate surface area is 152 Å². The second kappa shape index (κ2) is 11.3. The Morgan fingerprint density at radius 3 is 2.24 bits per heavy atom. The van der Waals surface area contributed by atoms with Crippen LogP contribution in [-0.2, 0) is 4.79 Å². The predicted octanol–water partition coefficient (Wildman–Crippen LogP) is 0.192. The van der Waals surface area contributed by atoms with E-state index in [4.69, 9.17) is 4.99 Å². The fourth-order valence-electron chi connectivity index (χ4n) is 3.45. The highest BCUT2D eigenvalue weighted by molar-refractivity contribution is 5.79. The molecule has 2 aliphatic rings. The molecule has 2 aliphatic heterocycles. The van der Waals surface area contributed by atoms with Crippen molar-refractivity contribution >= 4 is 11.9 Å². The summed E-state index contributed by atoms with van der Waals surface area (Å²) in [6.45, 7) is 14.5. The van der Waals surface area contributed by atoms with Crippen LogP contribution in [0.25, 0.3) is 0 Å². The molecule has 1 amide bonds. The van der Waals surface area contributed by atoms with Crippen LogP contribution in [0.3, 0.4) is 0 Å². The smallest absolute Gasteiger partial charge is 0.219 e. The largest absolute Gasteiger partial charge is 0.357 e. The number of hydrogen-bond acceptors (Lipinski definition) is 4. The van der Waals surface area contributed by atoms with Gasteiger partial charge < -0.3 is 20.4 Å². The number of amides is 1. The number of guanidine groups is 1. The molecule has 2 saturated heterocycles. The lowest BCUT2D eigenvalue weighted by Gasteiger charge is -2.33. The lowest BCUT2D eigenvalue weighted by Crippen LogP contribution is -2.48. The predicted molar refractivity (Wildman–Crippen MR) is 103 cm³/mol. The summed E-state index contributed by atoms with van der Waals surface area (Å²) in [7, 11) is 0. The van der Waals surface area contributed by atoms with Crippen LogP contribution in [0.1, 0.15) is 33.1 Å². The summed E-state index contributed by atoms with van der Waals surface area (Å²) in [5, 5.41) is 6.78. The van der Waals surface area contributed by atoms with Gasteiger partial charge in [-0.2, -0.15) is 0 Å². The summed E-state index contributed by atoms with van der Waals surface area (Å²) >= 11 is 0. The van der Waals surface area contributed by atoms with E-state index in [-0.39, 0.29) is 5.91 Å². The van der Waals surface area contributed by atoms with Crippen LogP contribution >= 0.6 is 0 Å². The van der Waals surface area contributed by atoms with Crippen LogP contribution in [0.5, 0.6) is 0 Å². The molecule has 0 aromatic carbocycles. The molecular weight excluding hydrogens is 316 g/mol. The van der Waals surface area contributed by atoms with E-state index in [9.17, 15) is 4.79 Å². The van der Waals surface area contributed by atoms with Crippen molar-refractivity contribution in [3.63, 3.8) is 0 Å². The minimum absolute atomic E-state index is 0.185. The fourth-order valence-corrected chi connectivity index (χ4v) is 3.45. The normalized spacial score (nSPS) is 20.6. The van der Waals surface area contributed by atoms with Gasteiger partial charge in [0.2, 0.25) is 5.91 Å². The van der Waals surface area contributed by atoms with Crippen molar-refractivity contribution in [2.45, 2.75) is 33.1 Å². The Balaban J connectivity index is 1.64. The Kier molecular flexibility index (Phi) is 9.04. The van der Waals surface area contributed by atoms with E-state index < -0.39 is 0 Å². The maximum atomic E-state index is 11.4. The Bertz CT molecular complexity index is 414. The van der Waals surface area contributed by atoms with Crippen molar-refractivity contribution in [2.75, 3.05) is 72.0 Å². The van der Waals surface area contributed by atoms with Gasteiger partial charge in [0.1, 0.15) is 0 Å². The van der Waals surface area contributed by atoms with E-state index in [1.165, 1.54) is 32.4 Å². The van der Waals surface area contributed by atoms with Gasteiger partial charge in [-0.1, -0.05) is 6.42 Å². The van der Waals surface area contributed by atoms with Crippen LogP contribution in [0.2, 0.25) is 0 Å². The first-order valence-electron chi connectivity index (χ1n) is 9.91. The van der Waals surface area contributed by atoms with Gasteiger partial charge in [0.15, 0.2) is 5.96 Å². The standard InChI is InChI=1S/C18H36N6O/c1-3-19-18(20-7-11-22-9-5-4-6-10-22)21-8-12-23-13-15-24(16-14-23)17(2)25/h3-16H2,1-2H3,(H2,19,20,21). The summed E-state index contributed by atoms with van der Waals surface area (Å²) in [4.78, 5) is 22.9. The number of carbonyl (C=O) groups excluding carboxylic acids is 1. The molecule has 144 valence electrons. The third-order valence-corrected chi connectivity index (χ3v) is 5.02. The van der Waals surface area contributed by atoms with Crippen molar-refractivity contribution in [1.82, 2.24) is 25.3 Å². The first-order chi connectivity index (χ1) is 12.2. The van der Waals surface area contributed by atoms with Crippen molar-refractivity contribution in [3.8, 4) is 0 Å². The Hall–Kier alpha value is -1.34. The third kappa shape index (κ3) is 7.61. The number of rotatable bonds is 7. The fraction of sp³-hybridized carbons (Fsp3) is 0.889. The molecule has 2 heterocycles. The van der Waals surface area contributed by atoms with Crippen LogP contribution in [0.15, 0.2) is 4.99 Å². The van der Waals surface area contributed by atoms with Gasteiger partial charge in [0, 0.05) is 59.3 Å². The van der Waals surface area contributed by atoms with Gasteiger partial charge >= 0.3 is 0 Å². The highest BCUT2D eigenvalue weighted by atomic mass is 16.2. The molecule has 0 aromatic heterocycles. The van der Waals surface area contributed by atoms with Gasteiger partial charge in [0.25, 0.3) is 0 Å². The van der Waals surface area contributed by atoms with E-state index in [0.29, 0.717) is 0 Å². The van der Waals surface area contributed by atoms with E-state index in [2.05, 4.69) is 27.4 Å². The molecule has 7 heteroatoms. The first kappa shape index (κ1) is 20.0. The number of nitrogens with zero attached hydrogens (tertiary/aromatic N) is 4. The molecule has 0 saturated carbocycles. The zero-order valence-electron chi connectivity index (χ0n) is 16.1. The van der Waals surface area contributed by atoms with E-state index >= 15 is 0 Å². The minimum atomic E-state index is 0.185. The lowest BCUT2D eigenvalue weighted by atomic mass is 10.1. The van der Waals surface area contributed by atoms with E-state index in [0.717, 1.165) is 64.9 Å². The molecule has 2 rings (SSSR count). The summed E-state index contributed by atoms with van der Waals surface area (Å²) in [5.41, 5.74) is 0. The van der Waals surface area contributed by atoms with Gasteiger partial charge in [-0.05, 0) is 32.9 Å². The molecule has 25 heavy (non-hydrogen) atoms. The quantitative estimate of drug-likeness (QED) is 0.506. The minimum Gasteiger partial charge on any atom is -0.357 e. The number of hydrogen-bond donors (Lipinski definition) is 2. The molecule has 0 radical (unpaired) electrons. The molecule has 7 nitrogen and oxygen atoms in total. The topological polar surface area (TPSA) is 63.2 Å². The third-order valence-electron chi connectivity index (χ3n) is 5.02. The molecule has 0 aliphatic carbocycles. The van der Waals surface area contributed by atoms with Crippen LogP contribution < -0.4 is 10.6 Å². The highest BCUT2D eigenvalue weighted by Gasteiger charge is 2.17. The van der Waals surface area contributed by atoms with Crippen LogP contribution in [-0.4, -0.2) is 98.6 Å². The lowest BCUT2D eigenvalue weighted by molar-refractivity contribution is -0.130. The van der Waals surface area contributed by atoms with Crippen LogP contribution in [0.4, 0.5) is 0 Å². The van der Waals surface area contributed by atoms with Crippen molar-refractivity contribution in [3.05, 3.63) is 0 Å². The van der Waals surface area contributed by atoms with Crippen molar-refractivity contribution in [2.24, 2.45) is 4.99 Å². The zero-order valence-corrected chi connectivity index (χ0v) is 16.1. The number of nitrogens with one attached hydrogen (secondary N) is 2. The molecule has 0 spiro atoms. The van der Waals surface area contributed by atoms with Gasteiger partial charge in [0.05, 0.1) is 6.54 Å². The molecule has 2 fully saturated rings. The maximum absolute atomic E-state index is 11.4. The molecule has 0 unspecified atom stereocenters. The zero-order chi connectivity index (χ0) is 17.9. The maximum Gasteiger partial charge on any atom is 0.219 e. The number of piperidine rings is 1. The number of aliphatic imine (C=N–C) groups is 1. The number of piperazine rings is 1. The van der Waals surface area contributed by atoms with Crippen molar-refractivity contribution in [1.29, 1.82) is 0 Å². The van der Waals surface area contributed by atoms with E-state index in [1.807, 2.05) is 4.90 Å². The van der Waals surface area contributed by atoms with E-state index in [1.54, 1.807) is 6.92 Å². The highest BCUT2D eigenvalue weighted by Crippen LogP contribution is 2.07. The average Bonchev–Trinajstić information content (AvgIpc) is 2.63. The number of likely N-dealkylation sites (tertiary alicyclic amines) is 1. The number of carbonyl (C=O) groups is 1. The summed E-state index contributed by atoms with van der Waals surface area (Å²) in [6, 6.07) is 0. The van der Waals surface area contributed by atoms with Crippen LogP contribution in [0, 0.1) is 0 Å².